The lowest BCUT2D eigenvalue weighted by Gasteiger charge is -2.08. The van der Waals surface area contributed by atoms with Gasteiger partial charge in [0, 0.05) is 11.3 Å². The second kappa shape index (κ2) is 6.75. The first kappa shape index (κ1) is 15.4. The molecule has 0 aliphatic heterocycles. The molecule has 3 aromatic rings. The molecule has 5 nitrogen and oxygen atoms in total. The number of para-hydroxylation sites is 1. The van der Waals surface area contributed by atoms with Crippen LogP contribution in [0.25, 0.3) is 17.3 Å². The molecule has 0 aliphatic carbocycles. The van der Waals surface area contributed by atoms with E-state index in [1.54, 1.807) is 24.4 Å². The van der Waals surface area contributed by atoms with Crippen molar-refractivity contribution in [2.75, 3.05) is 11.1 Å². The van der Waals surface area contributed by atoms with Gasteiger partial charge in [-0.05, 0) is 17.7 Å². The summed E-state index contributed by atoms with van der Waals surface area (Å²) >= 11 is 0. The molecule has 1 heterocycles. The molecule has 118 valence electrons. The van der Waals surface area contributed by atoms with Gasteiger partial charge < -0.3 is 11.1 Å². The average molecular weight is 316 g/mol. The van der Waals surface area contributed by atoms with Gasteiger partial charge >= 0.3 is 0 Å². The number of benzene rings is 2. The van der Waals surface area contributed by atoms with Crippen LogP contribution < -0.4 is 11.1 Å². The molecule has 0 aliphatic rings. The van der Waals surface area contributed by atoms with Crippen LogP contribution in [-0.4, -0.2) is 15.9 Å². The zero-order valence-electron chi connectivity index (χ0n) is 12.9. The third-order valence-corrected chi connectivity index (χ3v) is 3.49. The summed E-state index contributed by atoms with van der Waals surface area (Å²) in [6.07, 6.45) is 3.31. The molecule has 2 aromatic carbocycles. The zero-order valence-corrected chi connectivity index (χ0v) is 12.9. The van der Waals surface area contributed by atoms with E-state index in [0.717, 1.165) is 11.1 Å². The number of carbonyl (C=O) groups is 1. The quantitative estimate of drug-likeness (QED) is 0.770. The van der Waals surface area contributed by atoms with Gasteiger partial charge in [0.15, 0.2) is 11.5 Å². The van der Waals surface area contributed by atoms with E-state index in [1.807, 2.05) is 42.5 Å². The first-order valence-corrected chi connectivity index (χ1v) is 7.39. The maximum absolute atomic E-state index is 12.4. The Labute approximate surface area is 139 Å². The number of nitrogens with one attached hydrogen (secondary N) is 1. The third kappa shape index (κ3) is 3.30. The van der Waals surface area contributed by atoms with Gasteiger partial charge in [0.25, 0.3) is 5.91 Å². The maximum atomic E-state index is 12.4. The van der Waals surface area contributed by atoms with Gasteiger partial charge in [-0.25, -0.2) is 9.97 Å². The van der Waals surface area contributed by atoms with Crippen LogP contribution in [0.15, 0.2) is 67.4 Å². The Morgan fingerprint density at radius 1 is 1.08 bits per heavy atom. The van der Waals surface area contributed by atoms with Gasteiger partial charge in [0.2, 0.25) is 0 Å². The molecular formula is C19H16N4O. The molecule has 0 unspecified atom stereocenters. The number of nitrogens with two attached hydrogens (primary N) is 1. The van der Waals surface area contributed by atoms with Crippen molar-refractivity contribution >= 4 is 23.5 Å². The van der Waals surface area contributed by atoms with E-state index in [0.29, 0.717) is 11.4 Å². The molecule has 1 aromatic heterocycles. The summed E-state index contributed by atoms with van der Waals surface area (Å²) in [6.45, 7) is 3.72. The fraction of sp³-hybridized carbons (Fsp3) is 0. The highest BCUT2D eigenvalue weighted by atomic mass is 16.1. The summed E-state index contributed by atoms with van der Waals surface area (Å²) in [6, 6.07) is 16.8. The number of aromatic nitrogens is 2. The van der Waals surface area contributed by atoms with Gasteiger partial charge in [-0.3, -0.25) is 4.79 Å². The molecule has 0 radical (unpaired) electrons. The van der Waals surface area contributed by atoms with Crippen molar-refractivity contribution in [1.82, 2.24) is 9.97 Å². The van der Waals surface area contributed by atoms with Crippen LogP contribution in [0.5, 0.6) is 0 Å². The molecule has 5 heteroatoms. The van der Waals surface area contributed by atoms with E-state index in [4.69, 9.17) is 5.73 Å². The first-order valence-electron chi connectivity index (χ1n) is 7.39. The lowest BCUT2D eigenvalue weighted by atomic mass is 10.1. The lowest BCUT2D eigenvalue weighted by Crippen LogP contribution is -2.17. The largest absolute Gasteiger partial charge is 0.382 e. The Balaban J connectivity index is 1.90. The number of rotatable bonds is 4. The SMILES string of the molecule is C=Cc1ccc(-c2cnc(N)c(C(=O)Nc3ccccc3)n2)cc1. The fourth-order valence-corrected chi connectivity index (χ4v) is 2.21. The highest BCUT2D eigenvalue weighted by molar-refractivity contribution is 6.05. The number of nitrogen functional groups attached to an aromatic ring is 1. The summed E-state index contributed by atoms with van der Waals surface area (Å²) in [5, 5.41) is 2.76. The van der Waals surface area contributed by atoms with E-state index < -0.39 is 5.91 Å². The van der Waals surface area contributed by atoms with Crippen LogP contribution in [0.2, 0.25) is 0 Å². The standard InChI is InChI=1S/C19H16N4O/c1-2-13-8-10-14(11-9-13)16-12-21-18(20)17(23-16)19(24)22-15-6-4-3-5-7-15/h2-12H,1H2,(H2,20,21)(H,22,24). The summed E-state index contributed by atoms with van der Waals surface area (Å²) in [7, 11) is 0. The van der Waals surface area contributed by atoms with E-state index in [2.05, 4.69) is 21.9 Å². The van der Waals surface area contributed by atoms with Crippen LogP contribution >= 0.6 is 0 Å². The Morgan fingerprint density at radius 2 is 1.79 bits per heavy atom. The van der Waals surface area contributed by atoms with Crippen molar-refractivity contribution in [3.63, 3.8) is 0 Å². The molecule has 0 saturated heterocycles. The van der Waals surface area contributed by atoms with Crippen molar-refractivity contribution < 1.29 is 4.79 Å². The highest BCUT2D eigenvalue weighted by Crippen LogP contribution is 2.20. The molecule has 0 spiro atoms. The molecule has 3 N–H and O–H groups in total. The Morgan fingerprint density at radius 3 is 2.46 bits per heavy atom. The summed E-state index contributed by atoms with van der Waals surface area (Å²) < 4.78 is 0. The van der Waals surface area contributed by atoms with Gasteiger partial charge in [-0.2, -0.15) is 0 Å². The predicted molar refractivity (Wildman–Crippen MR) is 96.4 cm³/mol. The molecule has 1 amide bonds. The summed E-state index contributed by atoms with van der Waals surface area (Å²) in [5.74, 6) is -0.300. The van der Waals surface area contributed by atoms with Crippen molar-refractivity contribution in [3.8, 4) is 11.3 Å². The van der Waals surface area contributed by atoms with Crippen LogP contribution in [-0.2, 0) is 0 Å². The first-order chi connectivity index (χ1) is 11.7. The number of anilines is 2. The Bertz CT molecular complexity index is 874. The fourth-order valence-electron chi connectivity index (χ4n) is 2.21. The van der Waals surface area contributed by atoms with Crippen molar-refractivity contribution in [1.29, 1.82) is 0 Å². The lowest BCUT2D eigenvalue weighted by molar-refractivity contribution is 0.102. The van der Waals surface area contributed by atoms with Crippen LogP contribution in [0.4, 0.5) is 11.5 Å². The summed E-state index contributed by atoms with van der Waals surface area (Å²) in [5.41, 5.74) is 9.03. The smallest absolute Gasteiger partial charge is 0.278 e. The van der Waals surface area contributed by atoms with Crippen LogP contribution in [0, 0.1) is 0 Å². The molecule has 0 saturated carbocycles. The minimum absolute atomic E-state index is 0.0925. The topological polar surface area (TPSA) is 80.9 Å². The van der Waals surface area contributed by atoms with Crippen molar-refractivity contribution in [2.45, 2.75) is 0 Å². The average Bonchev–Trinajstić information content (AvgIpc) is 2.63. The third-order valence-electron chi connectivity index (χ3n) is 3.49. The van der Waals surface area contributed by atoms with E-state index in [1.165, 1.54) is 0 Å². The van der Waals surface area contributed by atoms with E-state index >= 15 is 0 Å². The normalized spacial score (nSPS) is 10.2. The molecular weight excluding hydrogens is 300 g/mol. The predicted octanol–water partition coefficient (Wildman–Crippen LogP) is 3.62. The second-order valence-corrected chi connectivity index (χ2v) is 5.14. The van der Waals surface area contributed by atoms with Gasteiger partial charge in [0.05, 0.1) is 11.9 Å². The minimum atomic E-state index is -0.393. The van der Waals surface area contributed by atoms with Crippen LogP contribution in [0.3, 0.4) is 0 Å². The maximum Gasteiger partial charge on any atom is 0.278 e. The molecule has 0 fully saturated rings. The van der Waals surface area contributed by atoms with Crippen molar-refractivity contribution in [2.24, 2.45) is 0 Å². The highest BCUT2D eigenvalue weighted by Gasteiger charge is 2.15. The minimum Gasteiger partial charge on any atom is -0.382 e. The second-order valence-electron chi connectivity index (χ2n) is 5.14. The van der Waals surface area contributed by atoms with E-state index in [-0.39, 0.29) is 11.5 Å². The van der Waals surface area contributed by atoms with Gasteiger partial charge in [-0.15, -0.1) is 0 Å². The number of hydrogen-bond donors (Lipinski definition) is 2. The zero-order chi connectivity index (χ0) is 16.9. The number of carbonyl (C=O) groups excluding carboxylic acids is 1. The van der Waals surface area contributed by atoms with E-state index in [9.17, 15) is 4.79 Å². The molecule has 24 heavy (non-hydrogen) atoms. The molecule has 0 atom stereocenters. The van der Waals surface area contributed by atoms with Crippen molar-refractivity contribution in [3.05, 3.63) is 78.6 Å². The molecule has 0 bridgehead atoms. The summed E-state index contributed by atoms with van der Waals surface area (Å²) in [4.78, 5) is 20.9. The van der Waals surface area contributed by atoms with Gasteiger partial charge in [-0.1, -0.05) is 55.1 Å². The Kier molecular flexibility index (Phi) is 4.34. The number of amides is 1. The molecule has 3 rings (SSSR count). The van der Waals surface area contributed by atoms with Gasteiger partial charge in [0.1, 0.15) is 0 Å². The van der Waals surface area contributed by atoms with Crippen LogP contribution in [0.1, 0.15) is 16.1 Å². The Hall–Kier alpha value is -3.47. The monoisotopic (exact) mass is 316 g/mol. The number of hydrogen-bond acceptors (Lipinski definition) is 4. The number of nitrogens with zero attached hydrogens (tertiary/aromatic N) is 2.